The van der Waals surface area contributed by atoms with Gasteiger partial charge in [-0.3, -0.25) is 0 Å². The molecule has 144 valence electrons. The zero-order valence-electron chi connectivity index (χ0n) is 16.2. The van der Waals surface area contributed by atoms with Gasteiger partial charge < -0.3 is 15.4 Å². The number of aromatic amines is 1. The van der Waals surface area contributed by atoms with Crippen LogP contribution in [0, 0.1) is 5.92 Å². The molecule has 3 heteroatoms. The maximum Gasteiger partial charge on any atom is 0.116 e. The van der Waals surface area contributed by atoms with Crippen LogP contribution in [0.1, 0.15) is 42.5 Å². The Kier molecular flexibility index (Phi) is 4.69. The standard InChI is InChI=1S/C25H28N2O/c28-21-9-11-25-23(16-21)22-14-17(7-10-24(22)27-25)6-8-20-15-19(12-13-26-20)18-4-2-1-3-5-18/h1-5,9,11-12,16-17,20,26-28H,6-8,10,13-15H2. The van der Waals surface area contributed by atoms with Crippen LogP contribution in [0.4, 0.5) is 0 Å². The summed E-state index contributed by atoms with van der Waals surface area (Å²) in [6.07, 6.45) is 9.50. The molecule has 0 fully saturated rings. The van der Waals surface area contributed by atoms with E-state index < -0.39 is 0 Å². The average Bonchev–Trinajstić information content (AvgIpc) is 3.10. The van der Waals surface area contributed by atoms with Crippen molar-refractivity contribution in [2.45, 2.75) is 44.6 Å². The van der Waals surface area contributed by atoms with Crippen LogP contribution in [-0.4, -0.2) is 22.7 Å². The highest BCUT2D eigenvalue weighted by Gasteiger charge is 2.24. The Balaban J connectivity index is 1.23. The van der Waals surface area contributed by atoms with Crippen molar-refractivity contribution in [2.75, 3.05) is 6.54 Å². The third-order valence-corrected chi connectivity index (χ3v) is 6.56. The molecule has 1 aliphatic heterocycles. The molecule has 0 spiro atoms. The highest BCUT2D eigenvalue weighted by molar-refractivity contribution is 5.86. The number of aromatic nitrogens is 1. The smallest absolute Gasteiger partial charge is 0.116 e. The number of phenolic OH excluding ortho intramolecular Hbond substituents is 1. The second-order valence-corrected chi connectivity index (χ2v) is 8.40. The molecule has 1 aromatic heterocycles. The second-order valence-electron chi connectivity index (χ2n) is 8.40. The van der Waals surface area contributed by atoms with Crippen LogP contribution in [0.3, 0.4) is 0 Å². The first-order valence-electron chi connectivity index (χ1n) is 10.6. The Morgan fingerprint density at radius 2 is 1.89 bits per heavy atom. The van der Waals surface area contributed by atoms with Gasteiger partial charge in [-0.15, -0.1) is 0 Å². The molecule has 2 aliphatic rings. The maximum absolute atomic E-state index is 9.88. The van der Waals surface area contributed by atoms with Gasteiger partial charge in [0.2, 0.25) is 0 Å². The van der Waals surface area contributed by atoms with E-state index in [0.29, 0.717) is 11.8 Å². The van der Waals surface area contributed by atoms with Crippen molar-refractivity contribution in [1.29, 1.82) is 0 Å². The summed E-state index contributed by atoms with van der Waals surface area (Å²) in [5.74, 6) is 1.10. The number of benzene rings is 2. The highest BCUT2D eigenvalue weighted by Crippen LogP contribution is 2.35. The maximum atomic E-state index is 9.88. The molecule has 1 aliphatic carbocycles. The Morgan fingerprint density at radius 1 is 1.00 bits per heavy atom. The van der Waals surface area contributed by atoms with Gasteiger partial charge in [-0.2, -0.15) is 0 Å². The number of fused-ring (bicyclic) bond motifs is 3. The summed E-state index contributed by atoms with van der Waals surface area (Å²) in [7, 11) is 0. The fraction of sp³-hybridized carbons (Fsp3) is 0.360. The molecule has 0 bridgehead atoms. The summed E-state index contributed by atoms with van der Waals surface area (Å²) in [5.41, 5.74) is 6.83. The van der Waals surface area contributed by atoms with E-state index in [9.17, 15) is 5.11 Å². The van der Waals surface area contributed by atoms with Crippen LogP contribution in [0.5, 0.6) is 5.75 Å². The molecule has 0 radical (unpaired) electrons. The normalized spacial score (nSPS) is 22.1. The fourth-order valence-electron chi connectivity index (χ4n) is 5.02. The van der Waals surface area contributed by atoms with Crippen LogP contribution in [0.15, 0.2) is 54.6 Å². The van der Waals surface area contributed by atoms with Crippen LogP contribution >= 0.6 is 0 Å². The summed E-state index contributed by atoms with van der Waals surface area (Å²) in [6, 6.07) is 17.1. The Morgan fingerprint density at radius 3 is 2.79 bits per heavy atom. The van der Waals surface area contributed by atoms with Crippen molar-refractivity contribution >= 4 is 16.5 Å². The number of phenols is 1. The van der Waals surface area contributed by atoms with Gasteiger partial charge in [-0.1, -0.05) is 36.4 Å². The van der Waals surface area contributed by atoms with Crippen molar-refractivity contribution in [3.05, 3.63) is 71.4 Å². The first-order valence-corrected chi connectivity index (χ1v) is 10.6. The monoisotopic (exact) mass is 372 g/mol. The zero-order valence-corrected chi connectivity index (χ0v) is 16.2. The van der Waals surface area contributed by atoms with E-state index in [2.05, 4.69) is 46.7 Å². The van der Waals surface area contributed by atoms with E-state index in [1.807, 2.05) is 12.1 Å². The molecule has 2 aromatic carbocycles. The molecule has 0 saturated heterocycles. The SMILES string of the molecule is Oc1ccc2[nH]c3c(c2c1)CC(CCC1CC(c2ccccc2)=CCN1)CC3. The minimum Gasteiger partial charge on any atom is -0.508 e. The predicted molar refractivity (Wildman–Crippen MR) is 116 cm³/mol. The van der Waals surface area contributed by atoms with E-state index >= 15 is 0 Å². The van der Waals surface area contributed by atoms with Gasteiger partial charge in [0.15, 0.2) is 0 Å². The minimum atomic E-state index is 0.364. The molecule has 5 rings (SSSR count). The molecule has 2 atom stereocenters. The fourth-order valence-corrected chi connectivity index (χ4v) is 5.02. The van der Waals surface area contributed by atoms with Crippen LogP contribution in [0.25, 0.3) is 16.5 Å². The first-order chi connectivity index (χ1) is 13.8. The largest absolute Gasteiger partial charge is 0.508 e. The van der Waals surface area contributed by atoms with Crippen molar-refractivity contribution in [1.82, 2.24) is 10.3 Å². The molecule has 0 amide bonds. The van der Waals surface area contributed by atoms with Crippen LogP contribution in [-0.2, 0) is 12.8 Å². The number of H-pyrrole nitrogens is 1. The van der Waals surface area contributed by atoms with Gasteiger partial charge in [0.05, 0.1) is 0 Å². The third-order valence-electron chi connectivity index (χ3n) is 6.56. The Labute approximate surface area is 166 Å². The predicted octanol–water partition coefficient (Wildman–Crippen LogP) is 5.20. The van der Waals surface area contributed by atoms with Crippen LogP contribution in [0.2, 0.25) is 0 Å². The van der Waals surface area contributed by atoms with Gasteiger partial charge in [0, 0.05) is 29.2 Å². The van der Waals surface area contributed by atoms with E-state index in [4.69, 9.17) is 0 Å². The van der Waals surface area contributed by atoms with E-state index in [1.165, 1.54) is 47.0 Å². The van der Waals surface area contributed by atoms with Gasteiger partial charge in [-0.25, -0.2) is 0 Å². The van der Waals surface area contributed by atoms with Gasteiger partial charge in [0.1, 0.15) is 5.75 Å². The quantitative estimate of drug-likeness (QED) is 0.589. The molecule has 0 saturated carbocycles. The van der Waals surface area contributed by atoms with Crippen molar-refractivity contribution < 1.29 is 5.11 Å². The molecule has 3 aromatic rings. The van der Waals surface area contributed by atoms with E-state index in [0.717, 1.165) is 37.2 Å². The van der Waals surface area contributed by atoms with Crippen molar-refractivity contribution in [3.8, 4) is 5.75 Å². The summed E-state index contributed by atoms with van der Waals surface area (Å²) < 4.78 is 0. The van der Waals surface area contributed by atoms with Gasteiger partial charge in [-0.05, 0) is 79.3 Å². The average molecular weight is 373 g/mol. The molecule has 3 nitrogen and oxygen atoms in total. The lowest BCUT2D eigenvalue weighted by molar-refractivity contribution is 0.374. The topological polar surface area (TPSA) is 48.0 Å². The summed E-state index contributed by atoms with van der Waals surface area (Å²) >= 11 is 0. The number of rotatable bonds is 4. The number of aryl methyl sites for hydroxylation is 1. The molecular formula is C25H28N2O. The van der Waals surface area contributed by atoms with Gasteiger partial charge >= 0.3 is 0 Å². The lowest BCUT2D eigenvalue weighted by Crippen LogP contribution is -2.33. The lowest BCUT2D eigenvalue weighted by atomic mass is 9.82. The van der Waals surface area contributed by atoms with Crippen molar-refractivity contribution in [2.24, 2.45) is 5.92 Å². The van der Waals surface area contributed by atoms with E-state index in [1.54, 1.807) is 6.07 Å². The van der Waals surface area contributed by atoms with Gasteiger partial charge in [0.25, 0.3) is 0 Å². The number of hydrogen-bond donors (Lipinski definition) is 3. The third kappa shape index (κ3) is 3.47. The first kappa shape index (κ1) is 17.6. The zero-order chi connectivity index (χ0) is 18.9. The summed E-state index contributed by atoms with van der Waals surface area (Å²) in [4.78, 5) is 3.56. The molecule has 28 heavy (non-hydrogen) atoms. The Hall–Kier alpha value is -2.52. The lowest BCUT2D eigenvalue weighted by Gasteiger charge is -2.28. The highest BCUT2D eigenvalue weighted by atomic mass is 16.3. The van der Waals surface area contributed by atoms with Crippen LogP contribution < -0.4 is 5.32 Å². The number of nitrogens with one attached hydrogen (secondary N) is 2. The minimum absolute atomic E-state index is 0.364. The number of aromatic hydroxyl groups is 1. The summed E-state index contributed by atoms with van der Waals surface area (Å²) in [5, 5.41) is 14.8. The molecule has 2 heterocycles. The summed E-state index contributed by atoms with van der Waals surface area (Å²) in [6.45, 7) is 0.978. The second kappa shape index (κ2) is 7.48. The number of hydrogen-bond acceptors (Lipinski definition) is 2. The van der Waals surface area contributed by atoms with Crippen molar-refractivity contribution in [3.63, 3.8) is 0 Å². The molecule has 3 N–H and O–H groups in total. The molecular weight excluding hydrogens is 344 g/mol. The Bertz CT molecular complexity index is 1000. The molecule has 2 unspecified atom stereocenters. The van der Waals surface area contributed by atoms with E-state index in [-0.39, 0.29) is 0 Å².